The minimum Gasteiger partial charge on any atom is -0.481 e. The molecule has 0 saturated carbocycles. The second kappa shape index (κ2) is 10.4. The Morgan fingerprint density at radius 2 is 1.41 bits per heavy atom. The first-order chi connectivity index (χ1) is 10.2. The first-order valence-corrected chi connectivity index (χ1v) is 6.70. The number of unbranched alkanes of at least 4 members (excludes halogenated alkanes) is 1. The minimum atomic E-state index is -1.35. The summed E-state index contributed by atoms with van der Waals surface area (Å²) >= 11 is 0. The SMILES string of the molecule is N[C@H]1C(O)O[C@H](CO)[C@@H](O)[C@@H]1O.O=C(O)CCCCC(=O)O. The van der Waals surface area contributed by atoms with Gasteiger partial charge in [-0.15, -0.1) is 0 Å². The van der Waals surface area contributed by atoms with Crippen LogP contribution in [0.25, 0.3) is 0 Å². The van der Waals surface area contributed by atoms with E-state index in [0.29, 0.717) is 12.8 Å². The van der Waals surface area contributed by atoms with E-state index in [2.05, 4.69) is 0 Å². The molecule has 0 amide bonds. The fourth-order valence-corrected chi connectivity index (χ4v) is 1.67. The average Bonchev–Trinajstić information content (AvgIpc) is 2.45. The molecule has 1 aliphatic heterocycles. The second-order valence-electron chi connectivity index (χ2n) is 4.80. The van der Waals surface area contributed by atoms with Crippen LogP contribution in [0.3, 0.4) is 0 Å². The molecule has 0 spiro atoms. The Hall–Kier alpha value is -1.30. The van der Waals surface area contributed by atoms with Gasteiger partial charge < -0.3 is 41.1 Å². The number of hydrogen-bond donors (Lipinski definition) is 7. The highest BCUT2D eigenvalue weighted by Gasteiger charge is 2.41. The lowest BCUT2D eigenvalue weighted by molar-refractivity contribution is -0.248. The average molecular weight is 325 g/mol. The third-order valence-corrected chi connectivity index (χ3v) is 2.98. The summed E-state index contributed by atoms with van der Waals surface area (Å²) in [5, 5.41) is 52.3. The maximum Gasteiger partial charge on any atom is 0.303 e. The van der Waals surface area contributed by atoms with Crippen molar-refractivity contribution in [1.82, 2.24) is 0 Å². The maximum atomic E-state index is 9.90. The molecule has 1 heterocycles. The van der Waals surface area contributed by atoms with Crippen LogP contribution in [0.4, 0.5) is 0 Å². The van der Waals surface area contributed by atoms with Crippen molar-refractivity contribution in [2.24, 2.45) is 5.73 Å². The van der Waals surface area contributed by atoms with Crippen molar-refractivity contribution in [2.75, 3.05) is 6.61 Å². The summed E-state index contributed by atoms with van der Waals surface area (Å²) in [6, 6.07) is -1.04. The minimum absolute atomic E-state index is 0.0628. The summed E-state index contributed by atoms with van der Waals surface area (Å²) in [7, 11) is 0. The molecule has 1 saturated heterocycles. The van der Waals surface area contributed by atoms with Gasteiger partial charge in [-0.2, -0.15) is 0 Å². The molecule has 0 aromatic rings. The number of carbonyl (C=O) groups is 2. The maximum absolute atomic E-state index is 9.90. The normalized spacial score (nSPS) is 31.0. The van der Waals surface area contributed by atoms with Crippen LogP contribution in [-0.2, 0) is 14.3 Å². The van der Waals surface area contributed by atoms with Gasteiger partial charge in [0.05, 0.1) is 12.6 Å². The summed E-state index contributed by atoms with van der Waals surface area (Å²) in [6.07, 6.45) is -3.83. The predicted octanol–water partition coefficient (Wildman–Crippen LogP) is -2.54. The smallest absolute Gasteiger partial charge is 0.303 e. The van der Waals surface area contributed by atoms with Gasteiger partial charge in [0.1, 0.15) is 18.3 Å². The van der Waals surface area contributed by atoms with Gasteiger partial charge in [-0.1, -0.05) is 0 Å². The number of carboxylic acids is 2. The second-order valence-corrected chi connectivity index (χ2v) is 4.80. The van der Waals surface area contributed by atoms with Gasteiger partial charge in [0.15, 0.2) is 6.29 Å². The molecule has 1 unspecified atom stereocenters. The van der Waals surface area contributed by atoms with E-state index in [1.54, 1.807) is 0 Å². The summed E-state index contributed by atoms with van der Waals surface area (Å²) in [5.74, 6) is -1.74. The highest BCUT2D eigenvalue weighted by Crippen LogP contribution is 2.17. The van der Waals surface area contributed by atoms with Crippen LogP contribution in [0.1, 0.15) is 25.7 Å². The van der Waals surface area contributed by atoms with E-state index in [9.17, 15) is 19.8 Å². The van der Waals surface area contributed by atoms with E-state index in [1.165, 1.54) is 0 Å². The molecule has 5 atom stereocenters. The highest BCUT2D eigenvalue weighted by atomic mass is 16.6. The Kier molecular flexibility index (Phi) is 9.81. The summed E-state index contributed by atoms with van der Waals surface area (Å²) in [6.45, 7) is -0.470. The van der Waals surface area contributed by atoms with Crippen LogP contribution in [-0.4, -0.2) is 79.8 Å². The summed E-state index contributed by atoms with van der Waals surface area (Å²) < 4.78 is 4.70. The third kappa shape index (κ3) is 7.64. The lowest BCUT2D eigenvalue weighted by Crippen LogP contribution is -2.61. The van der Waals surface area contributed by atoms with Crippen molar-refractivity contribution in [3.05, 3.63) is 0 Å². The first kappa shape index (κ1) is 20.7. The molecule has 10 nitrogen and oxygen atoms in total. The number of aliphatic hydroxyl groups excluding tert-OH is 4. The number of nitrogens with two attached hydrogens (primary N) is 1. The number of carboxylic acid groups (broad SMARTS) is 2. The molecule has 8 N–H and O–H groups in total. The zero-order valence-corrected chi connectivity index (χ0v) is 11.9. The molecule has 0 radical (unpaired) electrons. The summed E-state index contributed by atoms with van der Waals surface area (Å²) in [4.78, 5) is 19.8. The van der Waals surface area contributed by atoms with E-state index in [-0.39, 0.29) is 12.8 Å². The fraction of sp³-hybridized carbons (Fsp3) is 0.833. The standard InChI is InChI=1S/C6H13NO5.C6H10O4/c7-3-5(10)4(9)2(1-8)12-6(3)11;7-5(8)3-1-2-4-6(9)10/h2-6,8-11H,1,7H2;1-4H2,(H,7,8)(H,9,10)/t2-,3-,4-,5-,6?;/m1./s1. The van der Waals surface area contributed by atoms with Gasteiger partial charge in [-0.05, 0) is 12.8 Å². The molecule has 1 rings (SSSR count). The molecule has 0 bridgehead atoms. The van der Waals surface area contributed by atoms with Gasteiger partial charge in [0.25, 0.3) is 0 Å². The molecule has 0 aromatic carbocycles. The Morgan fingerprint density at radius 3 is 1.77 bits per heavy atom. The quantitative estimate of drug-likeness (QED) is 0.256. The Labute approximate surface area is 126 Å². The van der Waals surface area contributed by atoms with E-state index in [1.807, 2.05) is 0 Å². The van der Waals surface area contributed by atoms with Crippen LogP contribution < -0.4 is 5.73 Å². The number of ether oxygens (including phenoxy) is 1. The summed E-state index contributed by atoms with van der Waals surface area (Å²) in [5.41, 5.74) is 5.26. The Balaban J connectivity index is 0.000000409. The van der Waals surface area contributed by atoms with Crippen LogP contribution in [0.5, 0.6) is 0 Å². The van der Waals surface area contributed by atoms with E-state index in [0.717, 1.165) is 0 Å². The predicted molar refractivity (Wildman–Crippen MR) is 71.7 cm³/mol. The zero-order valence-electron chi connectivity index (χ0n) is 11.9. The van der Waals surface area contributed by atoms with Crippen molar-refractivity contribution >= 4 is 11.9 Å². The molecule has 22 heavy (non-hydrogen) atoms. The van der Waals surface area contributed by atoms with E-state index in [4.69, 9.17) is 30.9 Å². The van der Waals surface area contributed by atoms with Gasteiger partial charge in [0.2, 0.25) is 0 Å². The van der Waals surface area contributed by atoms with Crippen LogP contribution in [0.15, 0.2) is 0 Å². The topological polar surface area (TPSA) is 191 Å². The number of aliphatic carboxylic acids is 2. The fourth-order valence-electron chi connectivity index (χ4n) is 1.67. The van der Waals surface area contributed by atoms with Crippen molar-refractivity contribution in [3.63, 3.8) is 0 Å². The molecular weight excluding hydrogens is 302 g/mol. The van der Waals surface area contributed by atoms with Gasteiger partial charge in [-0.3, -0.25) is 9.59 Å². The molecule has 130 valence electrons. The van der Waals surface area contributed by atoms with Crippen molar-refractivity contribution in [3.8, 4) is 0 Å². The van der Waals surface area contributed by atoms with Gasteiger partial charge in [-0.25, -0.2) is 0 Å². The monoisotopic (exact) mass is 325 g/mol. The van der Waals surface area contributed by atoms with E-state index < -0.39 is 49.2 Å². The number of rotatable bonds is 6. The van der Waals surface area contributed by atoms with Gasteiger partial charge >= 0.3 is 11.9 Å². The highest BCUT2D eigenvalue weighted by molar-refractivity contribution is 5.67. The van der Waals surface area contributed by atoms with Crippen LogP contribution >= 0.6 is 0 Å². The largest absolute Gasteiger partial charge is 0.481 e. The third-order valence-electron chi connectivity index (χ3n) is 2.98. The van der Waals surface area contributed by atoms with Crippen LogP contribution in [0, 0.1) is 0 Å². The Morgan fingerprint density at radius 1 is 0.955 bits per heavy atom. The molecule has 0 aliphatic carbocycles. The van der Waals surface area contributed by atoms with Crippen LogP contribution in [0.2, 0.25) is 0 Å². The lowest BCUT2D eigenvalue weighted by atomic mass is 9.98. The van der Waals surface area contributed by atoms with Crippen molar-refractivity contribution in [2.45, 2.75) is 56.3 Å². The lowest BCUT2D eigenvalue weighted by Gasteiger charge is -2.38. The molecule has 0 aromatic heterocycles. The molecule has 10 heteroatoms. The Bertz CT molecular complexity index is 331. The number of aliphatic hydroxyl groups is 4. The molecular formula is C12H23NO9. The van der Waals surface area contributed by atoms with E-state index >= 15 is 0 Å². The zero-order chi connectivity index (χ0) is 17.3. The van der Waals surface area contributed by atoms with Crippen molar-refractivity contribution < 1.29 is 45.0 Å². The molecule has 1 aliphatic rings. The number of hydrogen-bond acceptors (Lipinski definition) is 8. The van der Waals surface area contributed by atoms with Gasteiger partial charge in [0, 0.05) is 12.8 Å². The first-order valence-electron chi connectivity index (χ1n) is 6.70. The molecule has 1 fully saturated rings. The van der Waals surface area contributed by atoms with Crippen molar-refractivity contribution in [1.29, 1.82) is 0 Å².